The second kappa shape index (κ2) is 7.17. The van der Waals surface area contributed by atoms with Gasteiger partial charge in [-0.2, -0.15) is 0 Å². The molecule has 0 aliphatic rings. The molecule has 1 aromatic carbocycles. The van der Waals surface area contributed by atoms with Gasteiger partial charge in [-0.15, -0.1) is 0 Å². The first kappa shape index (κ1) is 14.7. The summed E-state index contributed by atoms with van der Waals surface area (Å²) >= 11 is 3.67. The summed E-state index contributed by atoms with van der Waals surface area (Å²) in [4.78, 5) is 0. The highest BCUT2D eigenvalue weighted by Gasteiger charge is 2.16. The molecule has 1 N–H and O–H groups in total. The maximum absolute atomic E-state index is 3.67. The zero-order valence-electron chi connectivity index (χ0n) is 11.4. The van der Waals surface area contributed by atoms with E-state index in [1.54, 1.807) is 0 Å². The van der Waals surface area contributed by atoms with Gasteiger partial charge >= 0.3 is 0 Å². The third-order valence-corrected chi connectivity index (χ3v) is 4.03. The van der Waals surface area contributed by atoms with Gasteiger partial charge in [-0.05, 0) is 37.4 Å². The smallest absolute Gasteiger partial charge is 0.0333 e. The van der Waals surface area contributed by atoms with E-state index < -0.39 is 0 Å². The molecule has 0 spiro atoms. The number of hydrogen-bond donors (Lipinski definition) is 1. The van der Waals surface area contributed by atoms with Crippen molar-refractivity contribution in [1.82, 2.24) is 5.32 Å². The van der Waals surface area contributed by atoms with Crippen molar-refractivity contribution < 1.29 is 0 Å². The molecule has 0 aliphatic heterocycles. The highest BCUT2D eigenvalue weighted by Crippen LogP contribution is 2.29. The average Bonchev–Trinajstić information content (AvgIpc) is 2.31. The van der Waals surface area contributed by atoms with E-state index in [-0.39, 0.29) is 0 Å². The third-order valence-electron chi connectivity index (χ3n) is 3.31. The Morgan fingerprint density at radius 2 is 2.00 bits per heavy atom. The molecule has 0 radical (unpaired) electrons. The Kier molecular flexibility index (Phi) is 6.21. The fraction of sp³-hybridized carbons (Fsp3) is 0.600. The van der Waals surface area contributed by atoms with Gasteiger partial charge in [0.05, 0.1) is 0 Å². The van der Waals surface area contributed by atoms with Crippen LogP contribution in [-0.2, 0) is 0 Å². The highest BCUT2D eigenvalue weighted by molar-refractivity contribution is 9.10. The van der Waals surface area contributed by atoms with Gasteiger partial charge in [-0.3, -0.25) is 0 Å². The van der Waals surface area contributed by atoms with E-state index in [0.717, 1.165) is 12.5 Å². The molecule has 0 aliphatic carbocycles. The van der Waals surface area contributed by atoms with Gasteiger partial charge in [-0.25, -0.2) is 0 Å². The van der Waals surface area contributed by atoms with Crippen LogP contribution in [0, 0.1) is 12.8 Å². The van der Waals surface area contributed by atoms with Gasteiger partial charge in [0, 0.05) is 10.5 Å². The van der Waals surface area contributed by atoms with Crippen LogP contribution in [0.5, 0.6) is 0 Å². The summed E-state index contributed by atoms with van der Waals surface area (Å²) in [5.41, 5.74) is 2.72. The van der Waals surface area contributed by atoms with Crippen molar-refractivity contribution in [2.45, 2.75) is 46.6 Å². The zero-order chi connectivity index (χ0) is 12.8. The number of rotatable bonds is 6. The minimum Gasteiger partial charge on any atom is -0.310 e. The third kappa shape index (κ3) is 4.44. The van der Waals surface area contributed by atoms with Crippen LogP contribution < -0.4 is 5.32 Å². The Labute approximate surface area is 114 Å². The van der Waals surface area contributed by atoms with Gasteiger partial charge in [-0.1, -0.05) is 60.8 Å². The standard InChI is InChI=1S/C15H24BrN/c1-5-11(3)10-15(17-6-2)13-9-12(4)7-8-14(13)16/h7-9,11,15,17H,5-6,10H2,1-4H3. The molecule has 2 heteroatoms. The summed E-state index contributed by atoms with van der Waals surface area (Å²) in [7, 11) is 0. The molecule has 96 valence electrons. The predicted octanol–water partition coefficient (Wildman–Crippen LogP) is 4.84. The molecule has 0 heterocycles. The lowest BCUT2D eigenvalue weighted by atomic mass is 9.93. The summed E-state index contributed by atoms with van der Waals surface area (Å²) in [5, 5.41) is 3.60. The Bertz CT molecular complexity index is 349. The van der Waals surface area contributed by atoms with Gasteiger partial charge in [0.1, 0.15) is 0 Å². The SMILES string of the molecule is CCNC(CC(C)CC)c1cc(C)ccc1Br. The monoisotopic (exact) mass is 297 g/mol. The quantitative estimate of drug-likeness (QED) is 0.792. The maximum atomic E-state index is 3.67. The molecule has 17 heavy (non-hydrogen) atoms. The van der Waals surface area contributed by atoms with Gasteiger partial charge in [0.25, 0.3) is 0 Å². The van der Waals surface area contributed by atoms with Crippen LogP contribution in [0.15, 0.2) is 22.7 Å². The summed E-state index contributed by atoms with van der Waals surface area (Å²) in [6, 6.07) is 7.06. The van der Waals surface area contributed by atoms with E-state index in [9.17, 15) is 0 Å². The van der Waals surface area contributed by atoms with Crippen molar-refractivity contribution in [2.24, 2.45) is 5.92 Å². The first-order valence-electron chi connectivity index (χ1n) is 6.57. The molecular formula is C15H24BrN. The molecular weight excluding hydrogens is 274 g/mol. The number of hydrogen-bond acceptors (Lipinski definition) is 1. The van der Waals surface area contributed by atoms with E-state index in [0.29, 0.717) is 6.04 Å². The molecule has 2 atom stereocenters. The molecule has 2 unspecified atom stereocenters. The summed E-state index contributed by atoms with van der Waals surface area (Å²) in [5.74, 6) is 0.756. The van der Waals surface area contributed by atoms with Crippen LogP contribution in [0.2, 0.25) is 0 Å². The Hall–Kier alpha value is -0.340. The normalized spacial score (nSPS) is 14.6. The van der Waals surface area contributed by atoms with Crippen LogP contribution >= 0.6 is 15.9 Å². The highest BCUT2D eigenvalue weighted by atomic mass is 79.9. The van der Waals surface area contributed by atoms with E-state index in [4.69, 9.17) is 0 Å². The first-order chi connectivity index (χ1) is 8.08. The first-order valence-corrected chi connectivity index (χ1v) is 7.37. The van der Waals surface area contributed by atoms with Crippen molar-refractivity contribution in [3.8, 4) is 0 Å². The van der Waals surface area contributed by atoms with E-state index in [2.05, 4.69) is 67.1 Å². The van der Waals surface area contributed by atoms with Crippen molar-refractivity contribution in [3.05, 3.63) is 33.8 Å². The van der Waals surface area contributed by atoms with Gasteiger partial charge in [0.2, 0.25) is 0 Å². The number of halogens is 1. The zero-order valence-corrected chi connectivity index (χ0v) is 13.0. The molecule has 0 saturated carbocycles. The molecule has 0 fully saturated rings. The number of aryl methyl sites for hydroxylation is 1. The molecule has 1 nitrogen and oxygen atoms in total. The van der Waals surface area contributed by atoms with Crippen molar-refractivity contribution >= 4 is 15.9 Å². The van der Waals surface area contributed by atoms with Crippen LogP contribution in [-0.4, -0.2) is 6.54 Å². The second-order valence-electron chi connectivity index (χ2n) is 4.88. The lowest BCUT2D eigenvalue weighted by molar-refractivity contribution is 0.407. The molecule has 0 bridgehead atoms. The van der Waals surface area contributed by atoms with E-state index in [1.165, 1.54) is 28.4 Å². The van der Waals surface area contributed by atoms with Crippen molar-refractivity contribution in [3.63, 3.8) is 0 Å². The number of nitrogens with one attached hydrogen (secondary N) is 1. The number of benzene rings is 1. The Balaban J connectivity index is 2.91. The maximum Gasteiger partial charge on any atom is 0.0333 e. The fourth-order valence-corrected chi connectivity index (χ4v) is 2.59. The molecule has 1 aromatic rings. The topological polar surface area (TPSA) is 12.0 Å². The summed E-state index contributed by atoms with van der Waals surface area (Å²) in [6.45, 7) is 9.93. The Morgan fingerprint density at radius 3 is 2.59 bits per heavy atom. The molecule has 0 saturated heterocycles. The predicted molar refractivity (Wildman–Crippen MR) is 79.4 cm³/mol. The van der Waals surface area contributed by atoms with Crippen LogP contribution in [0.3, 0.4) is 0 Å². The minimum absolute atomic E-state index is 0.462. The van der Waals surface area contributed by atoms with E-state index >= 15 is 0 Å². The Morgan fingerprint density at radius 1 is 1.29 bits per heavy atom. The van der Waals surface area contributed by atoms with Crippen molar-refractivity contribution in [1.29, 1.82) is 0 Å². The fourth-order valence-electron chi connectivity index (χ4n) is 2.07. The molecule has 0 amide bonds. The minimum atomic E-state index is 0.462. The molecule has 0 aromatic heterocycles. The second-order valence-corrected chi connectivity index (χ2v) is 5.74. The largest absolute Gasteiger partial charge is 0.310 e. The van der Waals surface area contributed by atoms with Crippen LogP contribution in [0.4, 0.5) is 0 Å². The average molecular weight is 298 g/mol. The van der Waals surface area contributed by atoms with Gasteiger partial charge in [0.15, 0.2) is 0 Å². The van der Waals surface area contributed by atoms with E-state index in [1.807, 2.05) is 0 Å². The summed E-state index contributed by atoms with van der Waals surface area (Å²) in [6.07, 6.45) is 2.44. The molecule has 1 rings (SSSR count). The van der Waals surface area contributed by atoms with Crippen LogP contribution in [0.25, 0.3) is 0 Å². The lowest BCUT2D eigenvalue weighted by Gasteiger charge is -2.23. The van der Waals surface area contributed by atoms with Crippen molar-refractivity contribution in [2.75, 3.05) is 6.54 Å². The van der Waals surface area contributed by atoms with Crippen LogP contribution in [0.1, 0.15) is 50.8 Å². The summed E-state index contributed by atoms with van der Waals surface area (Å²) < 4.78 is 1.22. The van der Waals surface area contributed by atoms with Gasteiger partial charge < -0.3 is 5.32 Å². The lowest BCUT2D eigenvalue weighted by Crippen LogP contribution is -2.23.